The Labute approximate surface area is 165 Å². The third-order valence-corrected chi connectivity index (χ3v) is 6.08. The molecule has 0 spiro atoms. The molecule has 3 N–H and O–H groups in total. The molecule has 0 bridgehead atoms. The van der Waals surface area contributed by atoms with Crippen LogP contribution in [0.15, 0.2) is 28.7 Å². The zero-order chi connectivity index (χ0) is 18.2. The van der Waals surface area contributed by atoms with Crippen molar-refractivity contribution in [2.75, 3.05) is 13.2 Å². The van der Waals surface area contributed by atoms with Gasteiger partial charge in [0.05, 0.1) is 6.10 Å². The number of benzene rings is 1. The maximum absolute atomic E-state index is 12.7. The van der Waals surface area contributed by atoms with Crippen molar-refractivity contribution in [1.29, 1.82) is 0 Å². The number of carbonyl (C=O) groups is 1. The molecule has 1 aromatic rings. The average Bonchev–Trinajstić information content (AvgIpc) is 2.52. The largest absolute Gasteiger partial charge is 0.378 e. The van der Waals surface area contributed by atoms with Gasteiger partial charge in [-0.3, -0.25) is 4.79 Å². The number of halogens is 2. The number of carbonyl (C=O) groups excluding carboxylic acids is 1. The summed E-state index contributed by atoms with van der Waals surface area (Å²) in [5.74, 6) is -0.0892. The smallest absolute Gasteiger partial charge is 0.240 e. The van der Waals surface area contributed by atoms with Crippen molar-refractivity contribution >= 4 is 34.2 Å². The van der Waals surface area contributed by atoms with Crippen LogP contribution in [0.25, 0.3) is 0 Å². The van der Waals surface area contributed by atoms with E-state index >= 15 is 0 Å². The summed E-state index contributed by atoms with van der Waals surface area (Å²) in [4.78, 5) is 12.7. The fraction of sp³-hybridized carbons (Fsp3) is 0.632. The lowest BCUT2D eigenvalue weighted by atomic mass is 9.54. The molecule has 0 radical (unpaired) electrons. The van der Waals surface area contributed by atoms with Crippen LogP contribution >= 0.6 is 28.3 Å². The van der Waals surface area contributed by atoms with Crippen LogP contribution in [0.2, 0.25) is 0 Å². The Morgan fingerprint density at radius 2 is 1.92 bits per heavy atom. The molecule has 0 heterocycles. The molecule has 1 saturated carbocycles. The number of ether oxygens (including phenoxy) is 1. The van der Waals surface area contributed by atoms with E-state index in [1.165, 1.54) is 5.56 Å². The van der Waals surface area contributed by atoms with E-state index in [4.69, 9.17) is 10.5 Å². The first-order valence-electron chi connectivity index (χ1n) is 8.49. The van der Waals surface area contributed by atoms with E-state index in [9.17, 15) is 4.79 Å². The summed E-state index contributed by atoms with van der Waals surface area (Å²) in [6, 6.07) is 8.19. The molecule has 1 amide bonds. The second-order valence-electron chi connectivity index (χ2n) is 7.91. The SMILES string of the molecule is CCOC1CC(N)(C(=O)NCC(C)(C)c2ccc(Br)cc2)C1(C)C.Cl. The predicted molar refractivity (Wildman–Crippen MR) is 108 cm³/mol. The maximum atomic E-state index is 12.7. The quantitative estimate of drug-likeness (QED) is 0.717. The Hall–Kier alpha value is -0.620. The van der Waals surface area contributed by atoms with Crippen molar-refractivity contribution in [3.63, 3.8) is 0 Å². The molecule has 1 aliphatic carbocycles. The number of nitrogens with one attached hydrogen (secondary N) is 1. The van der Waals surface area contributed by atoms with Gasteiger partial charge in [0.1, 0.15) is 5.54 Å². The van der Waals surface area contributed by atoms with Gasteiger partial charge in [-0.05, 0) is 24.6 Å². The zero-order valence-electron chi connectivity index (χ0n) is 15.7. The van der Waals surface area contributed by atoms with Crippen molar-refractivity contribution in [2.24, 2.45) is 11.1 Å². The standard InChI is InChI=1S/C19H29BrN2O2.ClH/c1-6-24-15-11-19(21,18(15,4)5)16(23)22-12-17(2,3)13-7-9-14(20)10-8-13;/h7-10,15H,6,11-12,21H2,1-5H3,(H,22,23);1H. The summed E-state index contributed by atoms with van der Waals surface area (Å²) in [5.41, 5.74) is 6.21. The molecule has 1 aromatic carbocycles. The number of nitrogens with two attached hydrogens (primary N) is 1. The van der Waals surface area contributed by atoms with Crippen molar-refractivity contribution in [2.45, 2.75) is 58.1 Å². The van der Waals surface area contributed by atoms with Gasteiger partial charge < -0.3 is 15.8 Å². The van der Waals surface area contributed by atoms with Gasteiger partial charge >= 0.3 is 0 Å². The van der Waals surface area contributed by atoms with Gasteiger partial charge in [-0.15, -0.1) is 12.4 Å². The highest BCUT2D eigenvalue weighted by atomic mass is 79.9. The van der Waals surface area contributed by atoms with E-state index in [1.807, 2.05) is 32.9 Å². The van der Waals surface area contributed by atoms with Crippen molar-refractivity contribution in [3.05, 3.63) is 34.3 Å². The van der Waals surface area contributed by atoms with Crippen molar-refractivity contribution in [3.8, 4) is 0 Å². The second-order valence-corrected chi connectivity index (χ2v) is 8.83. The first-order valence-corrected chi connectivity index (χ1v) is 9.29. The van der Waals surface area contributed by atoms with Crippen LogP contribution in [0.4, 0.5) is 0 Å². The number of hydrogen-bond acceptors (Lipinski definition) is 3. The summed E-state index contributed by atoms with van der Waals surface area (Å²) in [7, 11) is 0. The van der Waals surface area contributed by atoms with Gasteiger partial charge in [-0.2, -0.15) is 0 Å². The maximum Gasteiger partial charge on any atom is 0.240 e. The highest BCUT2D eigenvalue weighted by Crippen LogP contribution is 2.49. The zero-order valence-corrected chi connectivity index (χ0v) is 18.1. The number of amides is 1. The van der Waals surface area contributed by atoms with Crippen LogP contribution in [0.1, 0.15) is 46.6 Å². The predicted octanol–water partition coefficient (Wildman–Crippen LogP) is 3.80. The fourth-order valence-corrected chi connectivity index (χ4v) is 3.55. The third kappa shape index (κ3) is 4.21. The minimum absolute atomic E-state index is 0. The molecule has 4 nitrogen and oxygen atoms in total. The van der Waals surface area contributed by atoms with Gasteiger partial charge in [0, 0.05) is 34.9 Å². The molecule has 25 heavy (non-hydrogen) atoms. The molecule has 6 heteroatoms. The second kappa shape index (κ2) is 7.95. The lowest BCUT2D eigenvalue weighted by Crippen LogP contribution is -2.76. The van der Waals surface area contributed by atoms with E-state index in [0.29, 0.717) is 19.6 Å². The minimum atomic E-state index is -0.872. The molecular formula is C19H30BrClN2O2. The van der Waals surface area contributed by atoms with E-state index < -0.39 is 5.54 Å². The van der Waals surface area contributed by atoms with E-state index in [2.05, 4.69) is 47.2 Å². The van der Waals surface area contributed by atoms with Gasteiger partial charge in [-0.1, -0.05) is 55.8 Å². The Balaban J connectivity index is 0.00000312. The molecule has 142 valence electrons. The summed E-state index contributed by atoms with van der Waals surface area (Å²) < 4.78 is 6.75. The van der Waals surface area contributed by atoms with Gasteiger partial charge in [0.2, 0.25) is 5.91 Å². The van der Waals surface area contributed by atoms with Crippen LogP contribution in [0, 0.1) is 5.41 Å². The van der Waals surface area contributed by atoms with E-state index in [0.717, 1.165) is 4.47 Å². The Kier molecular flexibility index (Phi) is 7.13. The van der Waals surface area contributed by atoms with Crippen LogP contribution in [-0.2, 0) is 14.9 Å². The fourth-order valence-electron chi connectivity index (χ4n) is 3.28. The molecule has 1 fully saturated rings. The molecule has 1 aliphatic rings. The third-order valence-electron chi connectivity index (χ3n) is 5.55. The molecule has 0 aromatic heterocycles. The van der Waals surface area contributed by atoms with E-state index in [-0.39, 0.29) is 35.2 Å². The number of hydrogen-bond donors (Lipinski definition) is 2. The average molecular weight is 434 g/mol. The molecule has 2 unspecified atom stereocenters. The first kappa shape index (κ1) is 22.4. The molecule has 2 rings (SSSR count). The lowest BCUT2D eigenvalue weighted by molar-refractivity contribution is -0.170. The highest BCUT2D eigenvalue weighted by molar-refractivity contribution is 9.10. The van der Waals surface area contributed by atoms with Crippen molar-refractivity contribution in [1.82, 2.24) is 5.32 Å². The van der Waals surface area contributed by atoms with Crippen LogP contribution < -0.4 is 11.1 Å². The lowest BCUT2D eigenvalue weighted by Gasteiger charge is -2.57. The topological polar surface area (TPSA) is 64.3 Å². The van der Waals surface area contributed by atoms with Crippen LogP contribution in [0.3, 0.4) is 0 Å². The highest BCUT2D eigenvalue weighted by Gasteiger charge is 2.62. The summed E-state index contributed by atoms with van der Waals surface area (Å²) >= 11 is 3.45. The van der Waals surface area contributed by atoms with Gasteiger partial charge in [0.25, 0.3) is 0 Å². The monoisotopic (exact) mass is 432 g/mol. The first-order chi connectivity index (χ1) is 11.0. The Morgan fingerprint density at radius 1 is 1.36 bits per heavy atom. The summed E-state index contributed by atoms with van der Waals surface area (Å²) in [5, 5.41) is 3.07. The number of rotatable bonds is 6. The van der Waals surface area contributed by atoms with Crippen LogP contribution in [-0.4, -0.2) is 30.7 Å². The van der Waals surface area contributed by atoms with Crippen molar-refractivity contribution < 1.29 is 9.53 Å². The normalized spacial score (nSPS) is 24.8. The summed E-state index contributed by atoms with van der Waals surface area (Å²) in [6.07, 6.45) is 0.607. The Bertz CT molecular complexity index is 604. The van der Waals surface area contributed by atoms with Crippen LogP contribution in [0.5, 0.6) is 0 Å². The van der Waals surface area contributed by atoms with E-state index in [1.54, 1.807) is 0 Å². The molecular weight excluding hydrogens is 404 g/mol. The summed E-state index contributed by atoms with van der Waals surface area (Å²) in [6.45, 7) is 11.4. The van der Waals surface area contributed by atoms with Gasteiger partial charge in [-0.25, -0.2) is 0 Å². The molecule has 0 saturated heterocycles. The minimum Gasteiger partial charge on any atom is -0.378 e. The Morgan fingerprint density at radius 3 is 2.40 bits per heavy atom. The molecule has 0 aliphatic heterocycles. The molecule has 2 atom stereocenters. The van der Waals surface area contributed by atoms with Gasteiger partial charge in [0.15, 0.2) is 0 Å².